The molecule has 1 heterocycles. The van der Waals surface area contributed by atoms with Crippen LogP contribution in [0.25, 0.3) is 10.1 Å². The van der Waals surface area contributed by atoms with Crippen molar-refractivity contribution < 1.29 is 0 Å². The molecule has 0 unspecified atom stereocenters. The van der Waals surface area contributed by atoms with Crippen molar-refractivity contribution in [2.45, 2.75) is 13.3 Å². The Balaban J connectivity index is 2.62. The highest BCUT2D eigenvalue weighted by Gasteiger charge is 2.07. The Kier molecular flexibility index (Phi) is 2.91. The number of aryl methyl sites for hydroxylation is 1. The number of benzene rings is 1. The van der Waals surface area contributed by atoms with Gasteiger partial charge in [0.15, 0.2) is 0 Å². The van der Waals surface area contributed by atoms with E-state index in [9.17, 15) is 0 Å². The molecule has 0 aliphatic carbocycles. The summed E-state index contributed by atoms with van der Waals surface area (Å²) < 4.78 is 2.50. The first-order chi connectivity index (χ1) is 6.72. The zero-order chi connectivity index (χ0) is 10.1. The molecule has 0 aliphatic rings. The Bertz CT molecular complexity index is 462. The Morgan fingerprint density at radius 3 is 2.93 bits per heavy atom. The Morgan fingerprint density at radius 2 is 2.21 bits per heavy atom. The summed E-state index contributed by atoms with van der Waals surface area (Å²) in [5.74, 6) is 0. The average molecular weight is 270 g/mol. The largest absolute Gasteiger partial charge is 0.330 e. The fourth-order valence-corrected chi connectivity index (χ4v) is 3.18. The van der Waals surface area contributed by atoms with Crippen molar-refractivity contribution in [1.29, 1.82) is 0 Å². The molecule has 0 atom stereocenters. The molecule has 3 heteroatoms. The minimum atomic E-state index is 0.731. The van der Waals surface area contributed by atoms with Crippen molar-refractivity contribution in [2.75, 3.05) is 6.54 Å². The summed E-state index contributed by atoms with van der Waals surface area (Å²) >= 11 is 5.35. The highest BCUT2D eigenvalue weighted by molar-refractivity contribution is 9.10. The monoisotopic (exact) mass is 269 g/mol. The van der Waals surface area contributed by atoms with Crippen molar-refractivity contribution in [3.8, 4) is 0 Å². The van der Waals surface area contributed by atoms with Crippen molar-refractivity contribution in [3.05, 3.63) is 33.1 Å². The van der Waals surface area contributed by atoms with E-state index in [0.717, 1.165) is 17.4 Å². The van der Waals surface area contributed by atoms with Crippen LogP contribution in [0.4, 0.5) is 0 Å². The molecule has 0 amide bonds. The van der Waals surface area contributed by atoms with Gasteiger partial charge in [-0.15, -0.1) is 11.3 Å². The van der Waals surface area contributed by atoms with Gasteiger partial charge in [-0.3, -0.25) is 0 Å². The zero-order valence-electron chi connectivity index (χ0n) is 8.01. The second-order valence-corrected chi connectivity index (χ2v) is 5.38. The minimum Gasteiger partial charge on any atom is -0.330 e. The van der Waals surface area contributed by atoms with Crippen LogP contribution in [-0.2, 0) is 6.42 Å². The minimum absolute atomic E-state index is 0.731. The first-order valence-corrected chi connectivity index (χ1v) is 6.21. The van der Waals surface area contributed by atoms with Crippen molar-refractivity contribution in [1.82, 2.24) is 0 Å². The molecule has 0 fully saturated rings. The number of hydrogen-bond acceptors (Lipinski definition) is 2. The molecule has 1 aromatic carbocycles. The third-order valence-corrected chi connectivity index (χ3v) is 4.19. The molecule has 0 saturated carbocycles. The number of rotatable bonds is 2. The number of halogens is 1. The van der Waals surface area contributed by atoms with Crippen LogP contribution in [0.1, 0.15) is 10.4 Å². The van der Waals surface area contributed by atoms with E-state index in [1.807, 2.05) is 11.3 Å². The predicted molar refractivity (Wildman–Crippen MR) is 67.0 cm³/mol. The molecule has 2 N–H and O–H groups in total. The van der Waals surface area contributed by atoms with Gasteiger partial charge in [-0.25, -0.2) is 0 Å². The molecular weight excluding hydrogens is 258 g/mol. The molecule has 2 aromatic rings. The lowest BCUT2D eigenvalue weighted by molar-refractivity contribution is 0.981. The number of fused-ring (bicyclic) bond motifs is 1. The molecule has 0 radical (unpaired) electrons. The number of thiophene rings is 1. The summed E-state index contributed by atoms with van der Waals surface area (Å²) in [7, 11) is 0. The van der Waals surface area contributed by atoms with Crippen LogP contribution < -0.4 is 5.73 Å². The molecule has 14 heavy (non-hydrogen) atoms. The normalized spacial score (nSPS) is 11.1. The first-order valence-electron chi connectivity index (χ1n) is 4.60. The van der Waals surface area contributed by atoms with Gasteiger partial charge in [-0.2, -0.15) is 0 Å². The molecule has 0 bridgehead atoms. The van der Waals surface area contributed by atoms with Crippen molar-refractivity contribution >= 4 is 37.4 Å². The maximum Gasteiger partial charge on any atom is 0.0349 e. The van der Waals surface area contributed by atoms with Crippen molar-refractivity contribution in [3.63, 3.8) is 0 Å². The molecule has 0 saturated heterocycles. The summed E-state index contributed by atoms with van der Waals surface area (Å²) in [5, 5.41) is 1.35. The van der Waals surface area contributed by atoms with E-state index in [1.54, 1.807) is 0 Å². The summed E-state index contributed by atoms with van der Waals surface area (Å²) in [6.45, 7) is 2.91. The molecule has 1 nitrogen and oxygen atoms in total. The topological polar surface area (TPSA) is 26.0 Å². The van der Waals surface area contributed by atoms with Crippen LogP contribution >= 0.6 is 27.3 Å². The Labute approximate surface area is 96.1 Å². The van der Waals surface area contributed by atoms with E-state index in [2.05, 4.69) is 41.1 Å². The van der Waals surface area contributed by atoms with Crippen LogP contribution in [0.2, 0.25) is 0 Å². The van der Waals surface area contributed by atoms with Gasteiger partial charge in [0.05, 0.1) is 0 Å². The van der Waals surface area contributed by atoms with E-state index in [-0.39, 0.29) is 0 Å². The van der Waals surface area contributed by atoms with Crippen LogP contribution in [-0.4, -0.2) is 6.54 Å². The van der Waals surface area contributed by atoms with Crippen LogP contribution in [0.15, 0.2) is 22.7 Å². The van der Waals surface area contributed by atoms with Gasteiger partial charge in [0.1, 0.15) is 0 Å². The molecule has 0 aliphatic heterocycles. The summed E-state index contributed by atoms with van der Waals surface area (Å²) in [6, 6.07) is 6.43. The van der Waals surface area contributed by atoms with Gasteiger partial charge >= 0.3 is 0 Å². The van der Waals surface area contributed by atoms with Gasteiger partial charge in [0, 0.05) is 14.0 Å². The number of hydrogen-bond donors (Lipinski definition) is 1. The van der Waals surface area contributed by atoms with Crippen molar-refractivity contribution in [2.24, 2.45) is 5.73 Å². The van der Waals surface area contributed by atoms with Gasteiger partial charge in [0.2, 0.25) is 0 Å². The second-order valence-electron chi connectivity index (χ2n) is 3.33. The smallest absolute Gasteiger partial charge is 0.0349 e. The van der Waals surface area contributed by atoms with Crippen LogP contribution in [0, 0.1) is 6.92 Å². The van der Waals surface area contributed by atoms with Gasteiger partial charge in [0.25, 0.3) is 0 Å². The quantitative estimate of drug-likeness (QED) is 0.888. The maximum atomic E-state index is 5.58. The van der Waals surface area contributed by atoms with Crippen LogP contribution in [0.3, 0.4) is 0 Å². The lowest BCUT2D eigenvalue weighted by Gasteiger charge is -1.95. The third kappa shape index (κ3) is 1.72. The predicted octanol–water partition coefficient (Wildman–Crippen LogP) is 3.47. The first kappa shape index (κ1) is 10.1. The Hall–Kier alpha value is -0.380. The van der Waals surface area contributed by atoms with E-state index < -0.39 is 0 Å². The maximum absolute atomic E-state index is 5.58. The molecule has 2 rings (SSSR count). The highest BCUT2D eigenvalue weighted by atomic mass is 79.9. The summed E-state index contributed by atoms with van der Waals surface area (Å²) in [6.07, 6.45) is 0.989. The lowest BCUT2D eigenvalue weighted by Crippen LogP contribution is -2.01. The molecule has 0 spiro atoms. The van der Waals surface area contributed by atoms with E-state index in [4.69, 9.17) is 5.73 Å². The molecule has 74 valence electrons. The zero-order valence-corrected chi connectivity index (χ0v) is 10.4. The Morgan fingerprint density at radius 1 is 1.43 bits per heavy atom. The lowest BCUT2D eigenvalue weighted by atomic mass is 10.1. The highest BCUT2D eigenvalue weighted by Crippen LogP contribution is 2.32. The van der Waals surface area contributed by atoms with E-state index in [1.165, 1.54) is 20.5 Å². The summed E-state index contributed by atoms with van der Waals surface area (Å²) in [4.78, 5) is 1.42. The fraction of sp³-hybridized carbons (Fsp3) is 0.273. The van der Waals surface area contributed by atoms with E-state index >= 15 is 0 Å². The average Bonchev–Trinajstić information content (AvgIpc) is 2.46. The second kappa shape index (κ2) is 4.01. The number of nitrogens with two attached hydrogens (primary N) is 1. The van der Waals surface area contributed by atoms with E-state index in [0.29, 0.717) is 0 Å². The molecule has 1 aromatic heterocycles. The SMILES string of the molecule is Cc1c(CCN)sc2ccc(Br)cc12. The standard InChI is InChI=1S/C11H12BrNS/c1-7-9-6-8(12)2-3-11(9)14-10(7)4-5-13/h2-3,6H,4-5,13H2,1H3. The van der Waals surface area contributed by atoms with Crippen LogP contribution in [0.5, 0.6) is 0 Å². The van der Waals surface area contributed by atoms with Gasteiger partial charge in [-0.1, -0.05) is 15.9 Å². The van der Waals surface area contributed by atoms with Gasteiger partial charge in [-0.05, 0) is 49.0 Å². The third-order valence-electron chi connectivity index (χ3n) is 2.37. The summed E-state index contributed by atoms with van der Waals surface area (Å²) in [5.41, 5.74) is 6.96. The van der Waals surface area contributed by atoms with Gasteiger partial charge < -0.3 is 5.73 Å². The molecular formula is C11H12BrNS. The fourth-order valence-electron chi connectivity index (χ4n) is 1.61.